The van der Waals surface area contributed by atoms with Crippen molar-refractivity contribution in [3.63, 3.8) is 0 Å². The first-order valence-electron chi connectivity index (χ1n) is 5.56. The summed E-state index contributed by atoms with van der Waals surface area (Å²) in [6.07, 6.45) is 8.29. The van der Waals surface area contributed by atoms with Gasteiger partial charge >= 0.3 is 0 Å². The highest BCUT2D eigenvalue weighted by Crippen LogP contribution is 2.40. The highest BCUT2D eigenvalue weighted by molar-refractivity contribution is 8.01. The van der Waals surface area contributed by atoms with E-state index in [1.165, 1.54) is 38.5 Å². The molecule has 1 rings (SSSR count). The van der Waals surface area contributed by atoms with Gasteiger partial charge in [0.2, 0.25) is 0 Å². The monoisotopic (exact) mass is 201 g/mol. The molecule has 0 saturated heterocycles. The van der Waals surface area contributed by atoms with E-state index in [0.717, 1.165) is 11.8 Å². The molecule has 0 radical (unpaired) electrons. The van der Waals surface area contributed by atoms with Crippen LogP contribution in [0.15, 0.2) is 0 Å². The van der Waals surface area contributed by atoms with Crippen molar-refractivity contribution in [3.05, 3.63) is 0 Å². The summed E-state index contributed by atoms with van der Waals surface area (Å²) in [6, 6.07) is 0. The summed E-state index contributed by atoms with van der Waals surface area (Å²) in [5.74, 6) is 0. The van der Waals surface area contributed by atoms with Crippen LogP contribution < -0.4 is 5.73 Å². The van der Waals surface area contributed by atoms with Gasteiger partial charge in [-0.1, -0.05) is 39.5 Å². The van der Waals surface area contributed by atoms with Crippen molar-refractivity contribution < 1.29 is 0 Å². The maximum atomic E-state index is 5.94. The molecule has 1 aliphatic carbocycles. The van der Waals surface area contributed by atoms with Crippen molar-refractivity contribution in [1.82, 2.24) is 0 Å². The molecule has 1 nitrogen and oxygen atoms in total. The Labute approximate surface area is 86.8 Å². The predicted molar refractivity (Wildman–Crippen MR) is 62.2 cm³/mol. The standard InChI is InChI=1S/C11H23NS/c1-10(2)13-11(9-12)7-5-3-4-6-8-11/h10H,3-9,12H2,1-2H3. The van der Waals surface area contributed by atoms with Crippen molar-refractivity contribution in [2.75, 3.05) is 6.54 Å². The highest BCUT2D eigenvalue weighted by atomic mass is 32.2. The van der Waals surface area contributed by atoms with Gasteiger partial charge in [-0.3, -0.25) is 0 Å². The lowest BCUT2D eigenvalue weighted by Gasteiger charge is -2.32. The summed E-state index contributed by atoms with van der Waals surface area (Å²) in [5.41, 5.74) is 5.94. The average Bonchev–Trinajstić information content (AvgIpc) is 2.30. The fourth-order valence-corrected chi connectivity index (χ4v) is 3.86. The predicted octanol–water partition coefficient (Wildman–Crippen LogP) is 3.18. The van der Waals surface area contributed by atoms with Gasteiger partial charge in [-0.15, -0.1) is 0 Å². The summed E-state index contributed by atoms with van der Waals surface area (Å²) in [7, 11) is 0. The molecule has 1 fully saturated rings. The zero-order valence-corrected chi connectivity index (χ0v) is 9.83. The SMILES string of the molecule is CC(C)SC1(CN)CCCCCC1. The smallest absolute Gasteiger partial charge is 0.0284 e. The molecule has 2 heteroatoms. The molecule has 0 atom stereocenters. The normalized spacial score (nSPS) is 23.1. The van der Waals surface area contributed by atoms with E-state index in [2.05, 4.69) is 25.6 Å². The second-order valence-corrected chi connectivity index (χ2v) is 6.51. The Morgan fingerprint density at radius 2 is 1.69 bits per heavy atom. The van der Waals surface area contributed by atoms with Gasteiger partial charge in [0, 0.05) is 11.3 Å². The molecule has 2 N–H and O–H groups in total. The van der Waals surface area contributed by atoms with Gasteiger partial charge in [0.15, 0.2) is 0 Å². The van der Waals surface area contributed by atoms with Gasteiger partial charge in [0.1, 0.15) is 0 Å². The maximum absolute atomic E-state index is 5.94. The molecule has 0 unspecified atom stereocenters. The van der Waals surface area contributed by atoms with E-state index in [4.69, 9.17) is 5.73 Å². The maximum Gasteiger partial charge on any atom is 0.0284 e. The molecular formula is C11H23NS. The molecule has 0 heterocycles. The van der Waals surface area contributed by atoms with Gasteiger partial charge in [0.25, 0.3) is 0 Å². The first-order chi connectivity index (χ1) is 6.18. The van der Waals surface area contributed by atoms with Gasteiger partial charge in [-0.25, -0.2) is 0 Å². The van der Waals surface area contributed by atoms with E-state index in [1.54, 1.807) is 0 Å². The summed E-state index contributed by atoms with van der Waals surface area (Å²) in [4.78, 5) is 0. The van der Waals surface area contributed by atoms with Crippen molar-refractivity contribution >= 4 is 11.8 Å². The van der Waals surface area contributed by atoms with Crippen LogP contribution >= 0.6 is 11.8 Å². The fourth-order valence-electron chi connectivity index (χ4n) is 2.24. The Morgan fingerprint density at radius 3 is 2.08 bits per heavy atom. The van der Waals surface area contributed by atoms with Gasteiger partial charge in [0.05, 0.1) is 0 Å². The largest absolute Gasteiger partial charge is 0.329 e. The Balaban J connectivity index is 2.53. The molecule has 13 heavy (non-hydrogen) atoms. The number of nitrogens with two attached hydrogens (primary N) is 1. The number of hydrogen-bond acceptors (Lipinski definition) is 2. The first kappa shape index (κ1) is 11.4. The lowest BCUT2D eigenvalue weighted by molar-refractivity contribution is 0.519. The molecule has 0 bridgehead atoms. The lowest BCUT2D eigenvalue weighted by Crippen LogP contribution is -2.35. The number of hydrogen-bond donors (Lipinski definition) is 1. The van der Waals surface area contributed by atoms with E-state index in [1.807, 2.05) is 0 Å². The summed E-state index contributed by atoms with van der Waals surface area (Å²) in [5, 5.41) is 0.724. The van der Waals surface area contributed by atoms with Crippen LogP contribution in [0.1, 0.15) is 52.4 Å². The number of rotatable bonds is 3. The highest BCUT2D eigenvalue weighted by Gasteiger charge is 2.30. The van der Waals surface area contributed by atoms with Crippen LogP contribution in [-0.4, -0.2) is 16.5 Å². The third kappa shape index (κ3) is 3.51. The average molecular weight is 201 g/mol. The topological polar surface area (TPSA) is 26.0 Å². The Hall–Kier alpha value is 0.310. The summed E-state index contributed by atoms with van der Waals surface area (Å²) < 4.78 is 0.421. The molecule has 1 saturated carbocycles. The van der Waals surface area contributed by atoms with Gasteiger partial charge in [-0.05, 0) is 18.1 Å². The van der Waals surface area contributed by atoms with Crippen LogP contribution in [0.5, 0.6) is 0 Å². The van der Waals surface area contributed by atoms with Crippen LogP contribution in [0.4, 0.5) is 0 Å². The zero-order chi connectivity index (χ0) is 9.73. The molecule has 0 spiro atoms. The molecule has 0 aromatic carbocycles. The van der Waals surface area contributed by atoms with Crippen molar-refractivity contribution in [2.24, 2.45) is 5.73 Å². The van der Waals surface area contributed by atoms with E-state index in [-0.39, 0.29) is 0 Å². The van der Waals surface area contributed by atoms with Crippen LogP contribution in [0, 0.1) is 0 Å². The first-order valence-corrected chi connectivity index (χ1v) is 6.44. The number of thioether (sulfide) groups is 1. The Bertz CT molecular complexity index is 137. The van der Waals surface area contributed by atoms with Crippen LogP contribution in [0.3, 0.4) is 0 Å². The quantitative estimate of drug-likeness (QED) is 0.710. The van der Waals surface area contributed by atoms with E-state index in [9.17, 15) is 0 Å². The second kappa shape index (κ2) is 5.26. The molecule has 0 aromatic heterocycles. The minimum atomic E-state index is 0.421. The van der Waals surface area contributed by atoms with Gasteiger partial charge < -0.3 is 5.73 Å². The molecule has 0 aromatic rings. The third-order valence-electron chi connectivity index (χ3n) is 2.87. The van der Waals surface area contributed by atoms with Crippen LogP contribution in [-0.2, 0) is 0 Å². The molecule has 1 aliphatic rings. The molecular weight excluding hydrogens is 178 g/mol. The fraction of sp³-hybridized carbons (Fsp3) is 1.00. The Kier molecular flexibility index (Phi) is 4.60. The molecule has 78 valence electrons. The third-order valence-corrected chi connectivity index (χ3v) is 4.42. The van der Waals surface area contributed by atoms with Crippen molar-refractivity contribution in [2.45, 2.75) is 62.4 Å². The van der Waals surface area contributed by atoms with Crippen molar-refractivity contribution in [3.8, 4) is 0 Å². The van der Waals surface area contributed by atoms with E-state index < -0.39 is 0 Å². The molecule has 0 amide bonds. The van der Waals surface area contributed by atoms with Crippen LogP contribution in [0.25, 0.3) is 0 Å². The lowest BCUT2D eigenvalue weighted by atomic mass is 9.99. The summed E-state index contributed by atoms with van der Waals surface area (Å²) >= 11 is 2.11. The minimum Gasteiger partial charge on any atom is -0.329 e. The van der Waals surface area contributed by atoms with Gasteiger partial charge in [-0.2, -0.15) is 11.8 Å². The molecule has 0 aliphatic heterocycles. The Morgan fingerprint density at radius 1 is 1.15 bits per heavy atom. The van der Waals surface area contributed by atoms with E-state index >= 15 is 0 Å². The second-order valence-electron chi connectivity index (χ2n) is 4.47. The minimum absolute atomic E-state index is 0.421. The van der Waals surface area contributed by atoms with Crippen LogP contribution in [0.2, 0.25) is 0 Å². The van der Waals surface area contributed by atoms with E-state index in [0.29, 0.717) is 4.75 Å². The zero-order valence-electron chi connectivity index (χ0n) is 9.01. The summed E-state index contributed by atoms with van der Waals surface area (Å²) in [6.45, 7) is 5.44. The van der Waals surface area contributed by atoms with Crippen molar-refractivity contribution in [1.29, 1.82) is 0 Å².